The van der Waals surface area contributed by atoms with Crippen LogP contribution >= 0.6 is 0 Å². The van der Waals surface area contributed by atoms with E-state index in [1.54, 1.807) is 0 Å². The first-order valence-electron chi connectivity index (χ1n) is 19.9. The molecule has 4 saturated carbocycles. The normalized spacial score (nSPS) is 25.9. The maximum Gasteiger partial charge on any atom is 0.248 e. The largest absolute Gasteiger partial charge is 0.352 e. The van der Waals surface area contributed by atoms with Gasteiger partial charge in [-0.1, -0.05) is 61.4 Å². The maximum absolute atomic E-state index is 13.6. The van der Waals surface area contributed by atoms with Gasteiger partial charge in [-0.25, -0.2) is 27.5 Å². The number of Topliss-reactive ketones (excluding diaryl/α,β-unsaturated/α-hetero) is 1. The first-order chi connectivity index (χ1) is 26.0. The van der Waals surface area contributed by atoms with Gasteiger partial charge in [-0.15, -0.1) is 0 Å². The molecule has 0 aliphatic heterocycles. The number of aromatic nitrogens is 4. The van der Waals surface area contributed by atoms with Gasteiger partial charge in [-0.05, 0) is 79.5 Å². The number of nitrogens with one attached hydrogen (secondary N) is 3. The van der Waals surface area contributed by atoms with E-state index in [4.69, 9.17) is 9.97 Å². The molecule has 2 aromatic heterocycles. The molecule has 0 radical (unpaired) electrons. The lowest BCUT2D eigenvalue weighted by Gasteiger charge is -2.29. The summed E-state index contributed by atoms with van der Waals surface area (Å²) in [6.07, 6.45) is 10.1. The lowest BCUT2D eigenvalue weighted by Crippen LogP contribution is -2.42. The number of H-pyrrole nitrogens is 2. The number of hydrogen-bond donors (Lipinski definition) is 3. The average Bonchev–Trinajstić information content (AvgIpc) is 4.00. The minimum atomic E-state index is -2.65. The Kier molecular flexibility index (Phi) is 10.3. The molecular formula is C43H49F4N5O2. The number of alkyl halides is 4. The first-order valence-corrected chi connectivity index (χ1v) is 19.9. The molecule has 4 aliphatic carbocycles. The first kappa shape index (κ1) is 36.7. The molecule has 1 amide bonds. The van der Waals surface area contributed by atoms with E-state index in [1.165, 1.54) is 0 Å². The molecular weight excluding hydrogens is 694 g/mol. The number of aromatic amines is 2. The zero-order valence-corrected chi connectivity index (χ0v) is 30.6. The highest BCUT2D eigenvalue weighted by Gasteiger charge is 2.41. The number of carbonyl (C=O) groups is 2. The topological polar surface area (TPSA) is 104 Å². The molecule has 8 rings (SSSR count). The van der Waals surface area contributed by atoms with Crippen LogP contribution in [0, 0.1) is 17.8 Å². The van der Waals surface area contributed by atoms with Crippen molar-refractivity contribution in [1.29, 1.82) is 0 Å². The van der Waals surface area contributed by atoms with E-state index in [1.807, 2.05) is 12.4 Å². The van der Waals surface area contributed by atoms with Crippen LogP contribution < -0.4 is 5.32 Å². The molecule has 0 spiro atoms. The average molecular weight is 744 g/mol. The van der Waals surface area contributed by atoms with Gasteiger partial charge in [0, 0.05) is 61.8 Å². The van der Waals surface area contributed by atoms with Crippen molar-refractivity contribution in [3.8, 4) is 33.6 Å². The molecule has 0 bridgehead atoms. The molecule has 4 aromatic rings. The van der Waals surface area contributed by atoms with Crippen molar-refractivity contribution in [2.24, 2.45) is 17.8 Å². The van der Waals surface area contributed by atoms with Crippen LogP contribution in [0.1, 0.15) is 120 Å². The lowest BCUT2D eigenvalue weighted by molar-refractivity contribution is -0.130. The van der Waals surface area contributed by atoms with Crippen LogP contribution in [0.25, 0.3) is 33.6 Å². The van der Waals surface area contributed by atoms with E-state index in [0.29, 0.717) is 19.3 Å². The van der Waals surface area contributed by atoms with Crippen molar-refractivity contribution < 1.29 is 27.2 Å². The standard InChI is InChI=1S/C43H49F4N5O2/c44-42(45)19-15-30(16-20-42)38(53)23-32-3-1-4-33(32)39-48-24-36(50-39)28-11-7-26(8-12-28)27-9-13-29(14-10-27)37-25-49-40(51-37)34-5-2-6-35(34)52-41(54)31-17-21-43(46,47)22-18-31/h7-14,24-25,30-35H,1-6,15-23H2,(H,48,50)(H,49,51)(H,52,54)/t32-,33-,34-,35+/m1/s1. The number of carbonyl (C=O) groups excluding carboxylic acids is 2. The fraction of sp³-hybridized carbons (Fsp3) is 0.535. The molecule has 2 heterocycles. The van der Waals surface area contributed by atoms with Gasteiger partial charge in [0.25, 0.3) is 0 Å². The summed E-state index contributed by atoms with van der Waals surface area (Å²) in [7, 11) is 0. The Labute approximate surface area is 313 Å². The highest BCUT2D eigenvalue weighted by molar-refractivity contribution is 5.81. The summed E-state index contributed by atoms with van der Waals surface area (Å²) < 4.78 is 54.5. The maximum atomic E-state index is 13.6. The Morgan fingerprint density at radius 3 is 1.63 bits per heavy atom. The lowest BCUT2D eigenvalue weighted by atomic mass is 9.80. The summed E-state index contributed by atoms with van der Waals surface area (Å²) in [6, 6.07) is 16.6. The van der Waals surface area contributed by atoms with Gasteiger partial charge in [0.1, 0.15) is 17.4 Å². The Morgan fingerprint density at radius 1 is 0.611 bits per heavy atom. The van der Waals surface area contributed by atoms with Crippen LogP contribution in [0.5, 0.6) is 0 Å². The van der Waals surface area contributed by atoms with Gasteiger partial charge < -0.3 is 15.3 Å². The van der Waals surface area contributed by atoms with Crippen LogP contribution in [-0.4, -0.2) is 49.5 Å². The summed E-state index contributed by atoms with van der Waals surface area (Å²) in [4.78, 5) is 42.4. The summed E-state index contributed by atoms with van der Waals surface area (Å²) in [5.41, 5.74) is 6.02. The van der Waals surface area contributed by atoms with E-state index in [2.05, 4.69) is 63.8 Å². The van der Waals surface area contributed by atoms with Crippen LogP contribution in [-0.2, 0) is 9.59 Å². The van der Waals surface area contributed by atoms with Gasteiger partial charge in [-0.3, -0.25) is 9.59 Å². The van der Waals surface area contributed by atoms with Gasteiger partial charge in [0.15, 0.2) is 0 Å². The zero-order valence-electron chi connectivity index (χ0n) is 30.6. The quantitative estimate of drug-likeness (QED) is 0.141. The van der Waals surface area contributed by atoms with Gasteiger partial charge in [0.05, 0.1) is 23.8 Å². The molecule has 4 fully saturated rings. The van der Waals surface area contributed by atoms with Crippen molar-refractivity contribution in [2.45, 2.75) is 126 Å². The molecule has 0 saturated heterocycles. The molecule has 286 valence electrons. The predicted molar refractivity (Wildman–Crippen MR) is 199 cm³/mol. The highest BCUT2D eigenvalue weighted by atomic mass is 19.3. The van der Waals surface area contributed by atoms with E-state index in [9.17, 15) is 27.2 Å². The zero-order chi connectivity index (χ0) is 37.5. The van der Waals surface area contributed by atoms with Crippen molar-refractivity contribution in [3.63, 3.8) is 0 Å². The minimum Gasteiger partial charge on any atom is -0.352 e. The molecule has 7 nitrogen and oxygen atoms in total. The number of halogens is 4. The number of amides is 1. The highest BCUT2D eigenvalue weighted by Crippen LogP contribution is 2.44. The number of hydrogen-bond acceptors (Lipinski definition) is 4. The van der Waals surface area contributed by atoms with Crippen LogP contribution in [0.15, 0.2) is 60.9 Å². The van der Waals surface area contributed by atoms with Crippen LogP contribution in [0.4, 0.5) is 17.6 Å². The number of benzene rings is 2. The summed E-state index contributed by atoms with van der Waals surface area (Å²) >= 11 is 0. The van der Waals surface area contributed by atoms with Crippen LogP contribution in [0.3, 0.4) is 0 Å². The number of nitrogens with zero attached hydrogens (tertiary/aromatic N) is 2. The Bertz CT molecular complexity index is 1780. The third-order valence-electron chi connectivity index (χ3n) is 12.8. The molecule has 2 aromatic carbocycles. The van der Waals surface area contributed by atoms with Gasteiger partial charge in [0.2, 0.25) is 17.8 Å². The third-order valence-corrected chi connectivity index (χ3v) is 12.8. The van der Waals surface area contributed by atoms with Crippen molar-refractivity contribution >= 4 is 11.7 Å². The summed E-state index contributed by atoms with van der Waals surface area (Å²) in [5, 5.41) is 3.17. The Balaban J connectivity index is 0.867. The Hall–Kier alpha value is -4.28. The second-order valence-electron chi connectivity index (χ2n) is 16.4. The van der Waals surface area contributed by atoms with Crippen molar-refractivity contribution in [3.05, 3.63) is 72.6 Å². The van der Waals surface area contributed by atoms with Crippen molar-refractivity contribution in [2.75, 3.05) is 0 Å². The van der Waals surface area contributed by atoms with Crippen LogP contribution in [0.2, 0.25) is 0 Å². The van der Waals surface area contributed by atoms with E-state index in [0.717, 1.165) is 83.8 Å². The monoisotopic (exact) mass is 743 g/mol. The summed E-state index contributed by atoms with van der Waals surface area (Å²) in [6.45, 7) is 0. The molecule has 3 N–H and O–H groups in total. The number of rotatable bonds is 10. The fourth-order valence-electron chi connectivity index (χ4n) is 9.52. The molecule has 11 heteroatoms. The van der Waals surface area contributed by atoms with E-state index < -0.39 is 11.8 Å². The fourth-order valence-corrected chi connectivity index (χ4v) is 9.52. The Morgan fingerprint density at radius 2 is 1.07 bits per heavy atom. The smallest absolute Gasteiger partial charge is 0.248 e. The van der Waals surface area contributed by atoms with Gasteiger partial charge >= 0.3 is 0 Å². The number of imidazole rings is 2. The SMILES string of the molecule is O=C(C[C@H]1CCC[C@H]1c1ncc(-c2ccc(-c3ccc(-c4cnc([C@@H]5CCC[C@@H]5NC(=O)C5CCC(F)(F)CC5)[nH]4)cc3)cc2)[nH]1)C1CCC(F)(F)CC1. The molecule has 0 unspecified atom stereocenters. The van der Waals surface area contributed by atoms with E-state index in [-0.39, 0.29) is 85.8 Å². The third kappa shape index (κ3) is 8.05. The molecule has 4 atom stereocenters. The number of ketones is 1. The molecule has 4 aliphatic rings. The predicted octanol–water partition coefficient (Wildman–Crippen LogP) is 10.4. The van der Waals surface area contributed by atoms with Crippen molar-refractivity contribution in [1.82, 2.24) is 25.3 Å². The minimum absolute atomic E-state index is 0.0543. The second kappa shape index (κ2) is 15.1. The second-order valence-corrected chi connectivity index (χ2v) is 16.4. The summed E-state index contributed by atoms with van der Waals surface area (Å²) in [5.74, 6) is -3.65. The molecule has 54 heavy (non-hydrogen) atoms. The van der Waals surface area contributed by atoms with E-state index >= 15 is 0 Å². The van der Waals surface area contributed by atoms with Gasteiger partial charge in [-0.2, -0.15) is 0 Å².